The van der Waals surface area contributed by atoms with Crippen LogP contribution in [-0.2, 0) is 0 Å². The molecule has 0 aliphatic rings. The molecule has 0 fully saturated rings. The van der Waals surface area contributed by atoms with Gasteiger partial charge in [0.15, 0.2) is 0 Å². The molecule has 0 saturated heterocycles. The molecule has 0 unspecified atom stereocenters. The number of rotatable bonds is 6. The Balaban J connectivity index is 1.79. The number of aliphatic imine (C=N–C) groups is 1. The van der Waals surface area contributed by atoms with E-state index < -0.39 is 0 Å². The van der Waals surface area contributed by atoms with Crippen molar-refractivity contribution in [2.45, 2.75) is 13.8 Å². The number of aryl methyl sites for hydroxylation is 2. The molecule has 3 rings (SSSR count). The lowest BCUT2D eigenvalue weighted by molar-refractivity contribution is 0.0957. The average molecular weight is 489 g/mol. The number of hydrogen-bond donors (Lipinski definition) is 1. The summed E-state index contributed by atoms with van der Waals surface area (Å²) < 4.78 is 9.10. The number of halogens is 1. The molecule has 0 radical (unpaired) electrons. The van der Waals surface area contributed by atoms with Crippen molar-refractivity contribution in [2.75, 3.05) is 13.6 Å². The molecule has 7 nitrogen and oxygen atoms in total. The van der Waals surface area contributed by atoms with E-state index in [9.17, 15) is 4.79 Å². The Hall–Kier alpha value is -2.75. The van der Waals surface area contributed by atoms with Gasteiger partial charge >= 0.3 is 0 Å². The van der Waals surface area contributed by atoms with Crippen LogP contribution < -0.4 is 5.32 Å². The lowest BCUT2D eigenvalue weighted by Crippen LogP contribution is -2.25. The summed E-state index contributed by atoms with van der Waals surface area (Å²) in [6.07, 6.45) is 9.05. The van der Waals surface area contributed by atoms with E-state index in [4.69, 9.17) is 4.52 Å². The van der Waals surface area contributed by atoms with Gasteiger partial charge in [-0.15, -0.1) is 0 Å². The zero-order chi connectivity index (χ0) is 20.1. The van der Waals surface area contributed by atoms with Crippen LogP contribution in [0.1, 0.15) is 21.8 Å². The van der Waals surface area contributed by atoms with Crippen LogP contribution in [0.2, 0.25) is 0 Å². The maximum Gasteiger partial charge on any atom is 0.251 e. The Morgan fingerprint density at radius 1 is 1.43 bits per heavy atom. The number of fused-ring (bicyclic) bond motifs is 1. The van der Waals surface area contributed by atoms with Crippen molar-refractivity contribution < 1.29 is 9.32 Å². The smallest absolute Gasteiger partial charge is 0.251 e. The molecule has 144 valence electrons. The van der Waals surface area contributed by atoms with Gasteiger partial charge in [0, 0.05) is 31.6 Å². The minimum Gasteiger partial charge on any atom is -0.361 e. The first-order valence-corrected chi connectivity index (χ1v) is 9.86. The minimum atomic E-state index is -0.155. The highest BCUT2D eigenvalue weighted by Crippen LogP contribution is 2.27. The van der Waals surface area contributed by atoms with E-state index >= 15 is 0 Å². The van der Waals surface area contributed by atoms with Crippen molar-refractivity contribution in [2.24, 2.45) is 4.99 Å². The Morgan fingerprint density at radius 3 is 2.93 bits per heavy atom. The van der Waals surface area contributed by atoms with Gasteiger partial charge in [-0.1, -0.05) is 33.8 Å². The number of pyridine rings is 1. The normalized spacial score (nSPS) is 12.5. The monoisotopic (exact) mass is 489 g/mol. The largest absolute Gasteiger partial charge is 0.361 e. The van der Waals surface area contributed by atoms with Crippen LogP contribution >= 0.6 is 22.6 Å². The first-order valence-electron chi connectivity index (χ1n) is 8.61. The van der Waals surface area contributed by atoms with Gasteiger partial charge < -0.3 is 9.84 Å². The number of hydrogen-bond acceptors (Lipinski definition) is 5. The Kier molecular flexibility index (Phi) is 6.40. The lowest BCUT2D eigenvalue weighted by Gasteiger charge is -2.07. The van der Waals surface area contributed by atoms with Crippen molar-refractivity contribution in [1.29, 1.82) is 0 Å². The summed E-state index contributed by atoms with van der Waals surface area (Å²) in [6, 6.07) is 3.54. The molecule has 8 heteroatoms. The lowest BCUT2D eigenvalue weighted by atomic mass is 10.1. The van der Waals surface area contributed by atoms with Crippen LogP contribution in [0.5, 0.6) is 0 Å². The highest BCUT2D eigenvalue weighted by molar-refractivity contribution is 14.1. The molecule has 3 aromatic heterocycles. The van der Waals surface area contributed by atoms with E-state index in [2.05, 4.69) is 43.0 Å². The maximum atomic E-state index is 12.5. The van der Waals surface area contributed by atoms with Gasteiger partial charge in [-0.05, 0) is 41.7 Å². The van der Waals surface area contributed by atoms with E-state index in [0.29, 0.717) is 17.8 Å². The number of nitrogens with zero attached hydrogens (tertiary/aromatic N) is 4. The van der Waals surface area contributed by atoms with Crippen molar-refractivity contribution in [3.05, 3.63) is 63.4 Å². The third-order valence-electron chi connectivity index (χ3n) is 4.20. The third-order valence-corrected chi connectivity index (χ3v) is 5.00. The van der Waals surface area contributed by atoms with Crippen LogP contribution in [0.25, 0.3) is 16.9 Å². The summed E-state index contributed by atoms with van der Waals surface area (Å²) in [4.78, 5) is 20.9. The molecule has 0 aliphatic carbocycles. The quantitative estimate of drug-likeness (QED) is 0.323. The van der Waals surface area contributed by atoms with Crippen molar-refractivity contribution in [1.82, 2.24) is 19.9 Å². The second-order valence-corrected chi connectivity index (χ2v) is 6.74. The fraction of sp³-hybridized carbons (Fsp3) is 0.200. The van der Waals surface area contributed by atoms with Crippen LogP contribution in [-0.4, -0.2) is 40.3 Å². The van der Waals surface area contributed by atoms with Crippen molar-refractivity contribution in [3.63, 3.8) is 0 Å². The number of amides is 1. The second kappa shape index (κ2) is 8.96. The fourth-order valence-corrected chi connectivity index (χ4v) is 3.25. The summed E-state index contributed by atoms with van der Waals surface area (Å²) in [5.74, 6) is 0.582. The number of carbonyl (C=O) groups excluding carboxylic acids is 1. The van der Waals surface area contributed by atoms with Gasteiger partial charge in [0.05, 0.1) is 23.1 Å². The van der Waals surface area contributed by atoms with Gasteiger partial charge in [-0.25, -0.2) is 4.98 Å². The van der Waals surface area contributed by atoms with Gasteiger partial charge in [0.1, 0.15) is 11.4 Å². The molecule has 0 atom stereocenters. The number of allylic oxidation sites excluding steroid dienone is 1. The summed E-state index contributed by atoms with van der Waals surface area (Å²) in [6.45, 7) is 4.20. The first kappa shape index (κ1) is 20.0. The summed E-state index contributed by atoms with van der Waals surface area (Å²) in [7, 11) is 1.71. The van der Waals surface area contributed by atoms with Crippen molar-refractivity contribution in [3.8, 4) is 11.3 Å². The third kappa shape index (κ3) is 4.22. The standard InChI is InChI=1S/C20H20IN5O2/c1-13-19(14(2)28-25-13)17-12-23-18-9-16(6-8-26(17)18)20(27)24-11-15(10-21)5-4-7-22-3/h4-10,12H,11H2,1-3H3,(H,24,27)/b5-4-,15-10+,22-7?. The summed E-state index contributed by atoms with van der Waals surface area (Å²) >= 11 is 2.15. The predicted molar refractivity (Wildman–Crippen MR) is 118 cm³/mol. The minimum absolute atomic E-state index is 0.155. The van der Waals surface area contributed by atoms with E-state index in [1.807, 2.05) is 40.7 Å². The van der Waals surface area contributed by atoms with Gasteiger partial charge in [0.25, 0.3) is 5.91 Å². The van der Waals surface area contributed by atoms with Gasteiger partial charge in [-0.3, -0.25) is 14.2 Å². The van der Waals surface area contributed by atoms with E-state index in [0.717, 1.165) is 28.3 Å². The second-order valence-electron chi connectivity index (χ2n) is 6.12. The topological polar surface area (TPSA) is 84.8 Å². The molecule has 0 aromatic carbocycles. The van der Waals surface area contributed by atoms with Crippen molar-refractivity contribution >= 4 is 40.4 Å². The van der Waals surface area contributed by atoms with Crippen LogP contribution in [0.4, 0.5) is 0 Å². The highest BCUT2D eigenvalue weighted by Gasteiger charge is 2.16. The molecule has 0 bridgehead atoms. The molecule has 3 heterocycles. The van der Waals surface area contributed by atoms with E-state index in [-0.39, 0.29) is 5.91 Å². The average Bonchev–Trinajstić information content (AvgIpc) is 3.26. The molecule has 0 saturated carbocycles. The summed E-state index contributed by atoms with van der Waals surface area (Å²) in [5.41, 5.74) is 4.83. The van der Waals surface area contributed by atoms with Crippen LogP contribution in [0, 0.1) is 13.8 Å². The Morgan fingerprint density at radius 2 is 2.25 bits per heavy atom. The molecule has 28 heavy (non-hydrogen) atoms. The van der Waals surface area contributed by atoms with Gasteiger partial charge in [-0.2, -0.15) is 0 Å². The SMILES string of the molecule is CN=C/C=C\C(=C/I)CNC(=O)c1ccn2c(-c3c(C)noc3C)cnc2c1. The number of imidazole rings is 1. The van der Waals surface area contributed by atoms with E-state index in [1.54, 1.807) is 31.6 Å². The maximum absolute atomic E-state index is 12.5. The molecule has 1 N–H and O–H groups in total. The fourth-order valence-electron chi connectivity index (χ4n) is 2.83. The molecule has 3 aromatic rings. The Bertz CT molecular complexity index is 1070. The van der Waals surface area contributed by atoms with Gasteiger partial charge in [0.2, 0.25) is 0 Å². The zero-order valence-corrected chi connectivity index (χ0v) is 18.0. The summed E-state index contributed by atoms with van der Waals surface area (Å²) in [5, 5.41) is 6.92. The number of nitrogens with one attached hydrogen (secondary N) is 1. The zero-order valence-electron chi connectivity index (χ0n) is 15.8. The first-order chi connectivity index (χ1) is 13.5. The molecular formula is C20H20IN5O2. The molecule has 0 aliphatic heterocycles. The number of carbonyl (C=O) groups is 1. The predicted octanol–water partition coefficient (Wildman–Crippen LogP) is 3.91. The number of aromatic nitrogens is 3. The van der Waals surface area contributed by atoms with Crippen LogP contribution in [0.15, 0.2) is 55.8 Å². The Labute approximate surface area is 176 Å². The molecule has 1 amide bonds. The van der Waals surface area contributed by atoms with Crippen LogP contribution in [0.3, 0.4) is 0 Å². The van der Waals surface area contributed by atoms with E-state index in [1.165, 1.54) is 0 Å². The molecule has 0 spiro atoms. The molecular weight excluding hydrogens is 469 g/mol. The highest BCUT2D eigenvalue weighted by atomic mass is 127.